The first-order valence-electron chi connectivity index (χ1n) is 9.53. The molecule has 1 N–H and O–H groups in total. The smallest absolute Gasteiger partial charge is 0.326 e. The van der Waals surface area contributed by atoms with Gasteiger partial charge in [-0.15, -0.1) is 0 Å². The summed E-state index contributed by atoms with van der Waals surface area (Å²) < 4.78 is 42.7. The highest BCUT2D eigenvalue weighted by atomic mass is 19.4. The Bertz CT molecular complexity index is 1140. The number of carbonyl (C=O) groups excluding carboxylic acids is 1. The van der Waals surface area contributed by atoms with Crippen molar-refractivity contribution in [3.8, 4) is 0 Å². The van der Waals surface area contributed by atoms with Crippen LogP contribution in [0.15, 0.2) is 35.3 Å². The van der Waals surface area contributed by atoms with E-state index in [9.17, 15) is 22.8 Å². The highest BCUT2D eigenvalue weighted by molar-refractivity contribution is 5.91. The number of alkyl halides is 3. The van der Waals surface area contributed by atoms with E-state index in [4.69, 9.17) is 0 Å². The monoisotopic (exact) mass is 420 g/mol. The second-order valence-corrected chi connectivity index (χ2v) is 7.66. The van der Waals surface area contributed by atoms with Crippen LogP contribution in [-0.4, -0.2) is 20.3 Å². The maximum atomic E-state index is 13.4. The van der Waals surface area contributed by atoms with Crippen LogP contribution < -0.4 is 10.9 Å². The van der Waals surface area contributed by atoms with Crippen molar-refractivity contribution in [3.63, 3.8) is 0 Å². The Morgan fingerprint density at radius 1 is 1.13 bits per heavy atom. The Morgan fingerprint density at radius 3 is 2.33 bits per heavy atom. The Kier molecular flexibility index (Phi) is 5.74. The van der Waals surface area contributed by atoms with E-state index in [0.717, 1.165) is 15.7 Å². The average Bonchev–Trinajstić information content (AvgIpc) is 3.03. The van der Waals surface area contributed by atoms with E-state index in [1.807, 2.05) is 32.0 Å². The lowest BCUT2D eigenvalue weighted by Gasteiger charge is -2.12. The van der Waals surface area contributed by atoms with Crippen molar-refractivity contribution in [2.24, 2.45) is 0 Å². The second-order valence-electron chi connectivity index (χ2n) is 7.66. The molecule has 2 aromatic heterocycles. The number of aromatic nitrogens is 3. The molecule has 0 unspecified atom stereocenters. The van der Waals surface area contributed by atoms with Gasteiger partial charge in [-0.2, -0.15) is 18.3 Å². The van der Waals surface area contributed by atoms with Crippen molar-refractivity contribution >= 4 is 22.6 Å². The lowest BCUT2D eigenvalue weighted by atomic mass is 10.1. The summed E-state index contributed by atoms with van der Waals surface area (Å²) in [5.74, 6) is -0.344. The number of hydrogen-bond acceptors (Lipinski definition) is 3. The van der Waals surface area contributed by atoms with E-state index in [0.29, 0.717) is 11.8 Å². The number of rotatable bonds is 5. The second kappa shape index (κ2) is 7.97. The molecule has 0 fully saturated rings. The molecule has 3 rings (SSSR count). The van der Waals surface area contributed by atoms with Crippen LogP contribution >= 0.6 is 0 Å². The van der Waals surface area contributed by atoms with Crippen LogP contribution in [0.25, 0.3) is 11.0 Å². The Morgan fingerprint density at radius 2 is 1.77 bits per heavy atom. The van der Waals surface area contributed by atoms with Gasteiger partial charge in [0.25, 0.3) is 5.56 Å². The fourth-order valence-corrected chi connectivity index (χ4v) is 3.35. The van der Waals surface area contributed by atoms with Crippen molar-refractivity contribution < 1.29 is 18.0 Å². The summed E-state index contributed by atoms with van der Waals surface area (Å²) in [6.07, 6.45) is -3.47. The Hall–Kier alpha value is -3.10. The summed E-state index contributed by atoms with van der Waals surface area (Å²) in [4.78, 5) is 24.8. The van der Waals surface area contributed by atoms with Gasteiger partial charge in [-0.25, -0.2) is 0 Å². The topological polar surface area (TPSA) is 68.9 Å². The molecule has 0 spiro atoms. The fourth-order valence-electron chi connectivity index (χ4n) is 3.35. The van der Waals surface area contributed by atoms with E-state index in [-0.39, 0.29) is 35.9 Å². The molecule has 9 heteroatoms. The van der Waals surface area contributed by atoms with Gasteiger partial charge in [0.1, 0.15) is 0 Å². The number of anilines is 1. The standard InChI is InChI=1S/C21H23F3N4O2/c1-12(2)28-11-16-17(21(22,23)24)10-19(30)27(20(16)26-28)6-5-18(29)25-15-8-13(3)7-14(4)9-15/h7-12H,5-6H2,1-4H3,(H,25,29). The molecule has 0 aliphatic carbocycles. The molecule has 3 aromatic rings. The summed E-state index contributed by atoms with van der Waals surface area (Å²) in [5, 5.41) is 6.78. The number of pyridine rings is 1. The van der Waals surface area contributed by atoms with Gasteiger partial charge in [0, 0.05) is 42.3 Å². The van der Waals surface area contributed by atoms with Crippen LogP contribution in [0, 0.1) is 13.8 Å². The van der Waals surface area contributed by atoms with Gasteiger partial charge in [0.15, 0.2) is 5.65 Å². The van der Waals surface area contributed by atoms with Crippen molar-refractivity contribution in [2.45, 2.75) is 52.9 Å². The average molecular weight is 420 g/mol. The number of nitrogens with one attached hydrogen (secondary N) is 1. The first kappa shape index (κ1) is 21.6. The molecule has 2 heterocycles. The van der Waals surface area contributed by atoms with Gasteiger partial charge in [-0.3, -0.25) is 18.8 Å². The minimum absolute atomic E-state index is 0.0808. The largest absolute Gasteiger partial charge is 0.417 e. The van der Waals surface area contributed by atoms with E-state index in [1.165, 1.54) is 10.9 Å². The fraction of sp³-hybridized carbons (Fsp3) is 0.381. The normalized spacial score (nSPS) is 12.0. The molecule has 0 saturated carbocycles. The summed E-state index contributed by atoms with van der Waals surface area (Å²) in [7, 11) is 0. The molecule has 160 valence electrons. The molecule has 0 aliphatic rings. The summed E-state index contributed by atoms with van der Waals surface area (Å²) >= 11 is 0. The summed E-state index contributed by atoms with van der Waals surface area (Å²) in [6, 6.07) is 5.99. The number of halogens is 3. The molecule has 0 radical (unpaired) electrons. The van der Waals surface area contributed by atoms with Crippen LogP contribution in [0.4, 0.5) is 18.9 Å². The number of fused-ring (bicyclic) bond motifs is 1. The lowest BCUT2D eigenvalue weighted by molar-refractivity contribution is -0.136. The van der Waals surface area contributed by atoms with Gasteiger partial charge in [-0.05, 0) is 51.0 Å². The third kappa shape index (κ3) is 4.55. The summed E-state index contributed by atoms with van der Waals surface area (Å²) in [5.41, 5.74) is 0.665. The summed E-state index contributed by atoms with van der Waals surface area (Å²) in [6.45, 7) is 7.29. The molecule has 30 heavy (non-hydrogen) atoms. The molecule has 0 saturated heterocycles. The van der Waals surface area contributed by atoms with Gasteiger partial charge in [-0.1, -0.05) is 6.07 Å². The van der Waals surface area contributed by atoms with Crippen molar-refractivity contribution in [1.29, 1.82) is 0 Å². The number of amides is 1. The number of carbonyl (C=O) groups is 1. The van der Waals surface area contributed by atoms with Gasteiger partial charge < -0.3 is 5.32 Å². The molecule has 0 atom stereocenters. The lowest BCUT2D eigenvalue weighted by Crippen LogP contribution is -2.25. The van der Waals surface area contributed by atoms with Crippen molar-refractivity contribution in [1.82, 2.24) is 14.3 Å². The van der Waals surface area contributed by atoms with Crippen LogP contribution in [0.1, 0.15) is 43.0 Å². The highest BCUT2D eigenvalue weighted by Crippen LogP contribution is 2.33. The maximum absolute atomic E-state index is 13.4. The van der Waals surface area contributed by atoms with Gasteiger partial charge >= 0.3 is 6.18 Å². The number of nitrogens with zero attached hydrogens (tertiary/aromatic N) is 3. The molecule has 1 aromatic carbocycles. The number of hydrogen-bond donors (Lipinski definition) is 1. The van der Waals surface area contributed by atoms with E-state index in [2.05, 4.69) is 10.4 Å². The van der Waals surface area contributed by atoms with Gasteiger partial charge in [0.2, 0.25) is 5.91 Å². The molecule has 0 bridgehead atoms. The molecular weight excluding hydrogens is 397 g/mol. The first-order valence-corrected chi connectivity index (χ1v) is 9.53. The minimum Gasteiger partial charge on any atom is -0.326 e. The molecule has 0 aliphatic heterocycles. The molecular formula is C21H23F3N4O2. The highest BCUT2D eigenvalue weighted by Gasteiger charge is 2.35. The van der Waals surface area contributed by atoms with E-state index in [1.54, 1.807) is 13.8 Å². The Labute approximate surface area is 171 Å². The Balaban J connectivity index is 1.91. The number of benzene rings is 1. The third-order valence-electron chi connectivity index (χ3n) is 4.69. The first-order chi connectivity index (χ1) is 14.0. The predicted octanol–water partition coefficient (Wildman–Crippen LogP) is 4.44. The zero-order chi connectivity index (χ0) is 22.2. The molecule has 6 nitrogen and oxygen atoms in total. The SMILES string of the molecule is Cc1cc(C)cc(NC(=O)CCn2c(=O)cc(C(F)(F)F)c3cn(C(C)C)nc32)c1. The zero-order valence-corrected chi connectivity index (χ0v) is 17.2. The van der Waals surface area contributed by atoms with Crippen LogP contribution in [0.3, 0.4) is 0 Å². The van der Waals surface area contributed by atoms with Crippen molar-refractivity contribution in [2.75, 3.05) is 5.32 Å². The quantitative estimate of drug-likeness (QED) is 0.663. The maximum Gasteiger partial charge on any atom is 0.417 e. The van der Waals surface area contributed by atoms with Gasteiger partial charge in [0.05, 0.1) is 5.56 Å². The van der Waals surface area contributed by atoms with Crippen molar-refractivity contribution in [3.05, 3.63) is 57.5 Å². The number of aryl methyl sites for hydroxylation is 3. The van der Waals surface area contributed by atoms with E-state index < -0.39 is 17.3 Å². The minimum atomic E-state index is -4.68. The van der Waals surface area contributed by atoms with Crippen LogP contribution in [0.2, 0.25) is 0 Å². The van der Waals surface area contributed by atoms with E-state index >= 15 is 0 Å². The predicted molar refractivity (Wildman–Crippen MR) is 109 cm³/mol. The third-order valence-corrected chi connectivity index (χ3v) is 4.69. The van der Waals surface area contributed by atoms with Crippen LogP contribution in [-0.2, 0) is 17.5 Å². The zero-order valence-electron chi connectivity index (χ0n) is 17.2. The van der Waals surface area contributed by atoms with Crippen LogP contribution in [0.5, 0.6) is 0 Å². The molecule has 1 amide bonds.